The number of hydrogen-bond acceptors (Lipinski definition) is 3. The quantitative estimate of drug-likeness (QED) is 0.170. The maximum absolute atomic E-state index is 2.48. The molecule has 0 aliphatic carbocycles. The number of benzene rings is 12. The predicted molar refractivity (Wildman–Crippen MR) is 315 cm³/mol. The summed E-state index contributed by atoms with van der Waals surface area (Å²) in [6, 6.07) is 105. The molecule has 12 aromatic carbocycles. The summed E-state index contributed by atoms with van der Waals surface area (Å²) in [5.74, 6) is 0. The van der Waals surface area contributed by atoms with Crippen molar-refractivity contribution < 1.29 is 0 Å². The Hall–Kier alpha value is -9.96. The summed E-state index contributed by atoms with van der Waals surface area (Å²) in [7, 11) is 0. The normalized spacial score (nSPS) is 12.5. The van der Waals surface area contributed by atoms with Gasteiger partial charge in [0.15, 0.2) is 0 Å². The third-order valence-electron chi connectivity index (χ3n) is 15.5. The second-order valence-corrected chi connectivity index (χ2v) is 19.6. The van der Waals surface area contributed by atoms with E-state index in [2.05, 4.69) is 300 Å². The lowest BCUT2D eigenvalue weighted by Gasteiger charge is -2.29. The van der Waals surface area contributed by atoms with Gasteiger partial charge in [0.2, 0.25) is 0 Å². The highest BCUT2D eigenvalue weighted by Crippen LogP contribution is 2.55. The van der Waals surface area contributed by atoms with Gasteiger partial charge in [0, 0.05) is 50.4 Å². The number of fused-ring (bicyclic) bond motifs is 15. The lowest BCUT2D eigenvalue weighted by Crippen LogP contribution is -2.11. The van der Waals surface area contributed by atoms with Gasteiger partial charge in [-0.25, -0.2) is 0 Å². The first-order chi connectivity index (χ1) is 37.2. The number of rotatable bonds is 5. The fourth-order valence-electron chi connectivity index (χ4n) is 12.1. The molecule has 0 fully saturated rings. The summed E-state index contributed by atoms with van der Waals surface area (Å²) in [4.78, 5) is 7.34. The number of nitrogens with zero attached hydrogens (tertiary/aromatic N) is 3. The molecule has 0 spiro atoms. The van der Waals surface area contributed by atoms with Gasteiger partial charge in [-0.1, -0.05) is 206 Å². The summed E-state index contributed by atoms with van der Waals surface area (Å²) in [5, 5.41) is 0. The molecule has 0 aromatic heterocycles. The molecule has 0 radical (unpaired) electrons. The van der Waals surface area contributed by atoms with Crippen LogP contribution in [0.1, 0.15) is 0 Å². The second kappa shape index (κ2) is 17.4. The van der Waals surface area contributed by atoms with Crippen molar-refractivity contribution in [3.8, 4) is 89.0 Å². The topological polar surface area (TPSA) is 9.72 Å². The van der Waals surface area contributed by atoms with Crippen molar-refractivity contribution in [1.29, 1.82) is 0 Å². The van der Waals surface area contributed by atoms with Gasteiger partial charge in [-0.15, -0.1) is 0 Å². The van der Waals surface area contributed by atoms with Crippen LogP contribution in [-0.2, 0) is 0 Å². The van der Waals surface area contributed by atoms with E-state index in [1.807, 2.05) is 0 Å². The standard InChI is InChI=1S/C72H47N3/c1-2-20-56-55(19-1)61-25-7-13-31-67(61)73(68-32-14-8-26-62(56)68)52-41-37-48(38-42-52)50-45-51(47-54(46-50)75-71-35-17-11-29-65(71)59-23-5-6-24-60(59)66-30-12-18-36-72(66)75)49-39-43-53(44-40-49)74-69-33-15-9-27-63(69)57-21-3-4-22-58(57)64-28-10-16-34-70(64)74/h1-47H. The molecule has 3 aliphatic rings. The lowest BCUT2D eigenvalue weighted by molar-refractivity contribution is 1.29. The second-order valence-electron chi connectivity index (χ2n) is 19.6. The van der Waals surface area contributed by atoms with E-state index in [1.54, 1.807) is 0 Å². The number of hydrogen-bond donors (Lipinski definition) is 0. The monoisotopic (exact) mass is 953 g/mol. The Labute approximate surface area is 437 Å². The van der Waals surface area contributed by atoms with Crippen LogP contribution in [0.4, 0.5) is 51.2 Å². The molecular weight excluding hydrogens is 907 g/mol. The van der Waals surface area contributed by atoms with Gasteiger partial charge in [-0.2, -0.15) is 0 Å². The minimum Gasteiger partial charge on any atom is -0.309 e. The lowest BCUT2D eigenvalue weighted by atomic mass is 9.95. The SMILES string of the molecule is c1ccc2c(c1)-c1ccccc1N(c1ccc(-c3cc(-c4ccc(N5c6ccccc6-c6ccccc6-c6ccccc65)cc4)cc(N4c5ccccc5-c5ccccc5-c5ccccc54)c3)cc1)c1ccccc1-2. The molecule has 0 saturated heterocycles. The third kappa shape index (κ3) is 6.90. The van der Waals surface area contributed by atoms with Crippen LogP contribution >= 0.6 is 0 Å². The average molecular weight is 954 g/mol. The molecule has 3 heteroatoms. The molecule has 350 valence electrons. The molecule has 15 rings (SSSR count). The van der Waals surface area contributed by atoms with Gasteiger partial charge < -0.3 is 14.7 Å². The van der Waals surface area contributed by atoms with Gasteiger partial charge in [0.1, 0.15) is 0 Å². The molecule has 3 nitrogen and oxygen atoms in total. The summed E-state index contributed by atoms with van der Waals surface area (Å²) in [5.41, 5.74) is 29.4. The molecule has 0 saturated carbocycles. The van der Waals surface area contributed by atoms with E-state index in [4.69, 9.17) is 0 Å². The zero-order valence-electron chi connectivity index (χ0n) is 41.0. The highest BCUT2D eigenvalue weighted by atomic mass is 15.2. The molecule has 0 atom stereocenters. The Bertz CT molecular complexity index is 3810. The van der Waals surface area contributed by atoms with Crippen molar-refractivity contribution in [2.24, 2.45) is 0 Å². The predicted octanol–water partition coefficient (Wildman–Crippen LogP) is 20.4. The van der Waals surface area contributed by atoms with E-state index >= 15 is 0 Å². The van der Waals surface area contributed by atoms with Crippen LogP contribution in [0.2, 0.25) is 0 Å². The maximum Gasteiger partial charge on any atom is 0.0540 e. The summed E-state index contributed by atoms with van der Waals surface area (Å²) in [6.07, 6.45) is 0. The van der Waals surface area contributed by atoms with Crippen molar-refractivity contribution in [3.63, 3.8) is 0 Å². The highest BCUT2D eigenvalue weighted by Gasteiger charge is 2.29. The van der Waals surface area contributed by atoms with Gasteiger partial charge in [0.05, 0.1) is 34.1 Å². The van der Waals surface area contributed by atoms with E-state index in [0.717, 1.165) is 73.4 Å². The number of anilines is 9. The van der Waals surface area contributed by atoms with E-state index in [-0.39, 0.29) is 0 Å². The first kappa shape index (κ1) is 42.7. The van der Waals surface area contributed by atoms with Crippen molar-refractivity contribution in [3.05, 3.63) is 285 Å². The van der Waals surface area contributed by atoms with Crippen LogP contribution < -0.4 is 14.7 Å². The molecule has 0 amide bonds. The van der Waals surface area contributed by atoms with Gasteiger partial charge in [-0.05, 0) is 134 Å². The molecule has 0 bridgehead atoms. The first-order valence-corrected chi connectivity index (χ1v) is 25.8. The molecule has 3 aliphatic heterocycles. The van der Waals surface area contributed by atoms with Crippen LogP contribution in [0.5, 0.6) is 0 Å². The van der Waals surface area contributed by atoms with Gasteiger partial charge in [0.25, 0.3) is 0 Å². The summed E-state index contributed by atoms with van der Waals surface area (Å²) in [6.45, 7) is 0. The molecule has 12 aromatic rings. The van der Waals surface area contributed by atoms with E-state index in [1.165, 1.54) is 66.8 Å². The van der Waals surface area contributed by atoms with E-state index in [9.17, 15) is 0 Å². The summed E-state index contributed by atoms with van der Waals surface area (Å²) >= 11 is 0. The fraction of sp³-hybridized carbons (Fsp3) is 0. The molecular formula is C72H47N3. The Morgan fingerprint density at radius 3 is 0.587 bits per heavy atom. The van der Waals surface area contributed by atoms with Crippen molar-refractivity contribution >= 4 is 51.2 Å². The van der Waals surface area contributed by atoms with Crippen molar-refractivity contribution in [2.45, 2.75) is 0 Å². The molecule has 0 unspecified atom stereocenters. The Kier molecular flexibility index (Phi) is 9.89. The smallest absolute Gasteiger partial charge is 0.0540 e. The largest absolute Gasteiger partial charge is 0.309 e. The van der Waals surface area contributed by atoms with Crippen LogP contribution in [0.25, 0.3) is 89.0 Å². The molecule has 3 heterocycles. The van der Waals surface area contributed by atoms with Crippen molar-refractivity contribution in [1.82, 2.24) is 0 Å². The zero-order valence-corrected chi connectivity index (χ0v) is 41.0. The summed E-state index contributed by atoms with van der Waals surface area (Å²) < 4.78 is 0. The maximum atomic E-state index is 2.48. The third-order valence-corrected chi connectivity index (χ3v) is 15.5. The average Bonchev–Trinajstić information content (AvgIpc) is 3.78. The van der Waals surface area contributed by atoms with Crippen LogP contribution in [0.15, 0.2) is 285 Å². The van der Waals surface area contributed by atoms with Crippen LogP contribution in [0.3, 0.4) is 0 Å². The first-order valence-electron chi connectivity index (χ1n) is 25.8. The Morgan fingerprint density at radius 2 is 0.347 bits per heavy atom. The van der Waals surface area contributed by atoms with Crippen LogP contribution in [-0.4, -0.2) is 0 Å². The minimum atomic E-state index is 1.09. The molecule has 0 N–H and O–H groups in total. The van der Waals surface area contributed by atoms with E-state index in [0.29, 0.717) is 0 Å². The number of para-hydroxylation sites is 6. The molecule has 75 heavy (non-hydrogen) atoms. The highest BCUT2D eigenvalue weighted by molar-refractivity contribution is 6.06. The van der Waals surface area contributed by atoms with E-state index < -0.39 is 0 Å². The van der Waals surface area contributed by atoms with Gasteiger partial charge >= 0.3 is 0 Å². The van der Waals surface area contributed by atoms with Crippen molar-refractivity contribution in [2.75, 3.05) is 14.7 Å². The van der Waals surface area contributed by atoms with Gasteiger partial charge in [-0.3, -0.25) is 0 Å². The zero-order chi connectivity index (χ0) is 49.4. The Balaban J connectivity index is 0.898. The Morgan fingerprint density at radius 1 is 0.147 bits per heavy atom. The van der Waals surface area contributed by atoms with Crippen LogP contribution in [0, 0.1) is 0 Å². The minimum absolute atomic E-state index is 1.09. The fourth-order valence-corrected chi connectivity index (χ4v) is 12.1.